The van der Waals surface area contributed by atoms with Crippen LogP contribution in [0.2, 0.25) is 0 Å². The fraction of sp³-hybridized carbons (Fsp3) is 0.385. The molecule has 0 saturated carbocycles. The molecule has 0 radical (unpaired) electrons. The second-order valence-corrected chi connectivity index (χ2v) is 5.59. The number of hydrogen-bond acceptors (Lipinski definition) is 4. The molecule has 2 aromatic heterocycles. The number of fused-ring (bicyclic) bond motifs is 1. The van der Waals surface area contributed by atoms with Crippen LogP contribution in [0, 0.1) is 0 Å². The third-order valence-corrected chi connectivity index (χ3v) is 4.05. The number of imidazole rings is 1. The second kappa shape index (κ2) is 4.57. The molecule has 18 heavy (non-hydrogen) atoms. The highest BCUT2D eigenvalue weighted by Gasteiger charge is 2.19. The Kier molecular flexibility index (Phi) is 2.91. The van der Waals surface area contributed by atoms with Gasteiger partial charge in [0.15, 0.2) is 5.13 Å². The SMILES string of the molecule is CC1CCCn2cnc(/C=C/c3csc(N)n3)c21. The Morgan fingerprint density at radius 2 is 2.39 bits per heavy atom. The van der Waals surface area contributed by atoms with Crippen molar-refractivity contribution in [3.8, 4) is 0 Å². The standard InChI is InChI=1S/C13H16N4S/c1-9-3-2-6-17-8-15-11(12(9)17)5-4-10-7-18-13(14)16-10/h4-5,7-9H,2-3,6H2,1H3,(H2,14,16)/b5-4+. The summed E-state index contributed by atoms with van der Waals surface area (Å²) in [5.74, 6) is 0.585. The number of nitrogens with two attached hydrogens (primary N) is 1. The highest BCUT2D eigenvalue weighted by molar-refractivity contribution is 7.13. The minimum Gasteiger partial charge on any atom is -0.375 e. The molecule has 0 aromatic carbocycles. The molecule has 0 bridgehead atoms. The van der Waals surface area contributed by atoms with Gasteiger partial charge in [-0.15, -0.1) is 11.3 Å². The number of thiazole rings is 1. The van der Waals surface area contributed by atoms with E-state index in [0.29, 0.717) is 11.0 Å². The van der Waals surface area contributed by atoms with Gasteiger partial charge < -0.3 is 10.3 Å². The molecule has 3 rings (SSSR count). The summed E-state index contributed by atoms with van der Waals surface area (Å²) >= 11 is 1.46. The molecule has 94 valence electrons. The van der Waals surface area contributed by atoms with Crippen molar-refractivity contribution in [3.63, 3.8) is 0 Å². The van der Waals surface area contributed by atoms with Gasteiger partial charge in [0.05, 0.1) is 17.7 Å². The average molecular weight is 260 g/mol. The van der Waals surface area contributed by atoms with Crippen LogP contribution >= 0.6 is 11.3 Å². The van der Waals surface area contributed by atoms with E-state index in [1.165, 1.54) is 29.9 Å². The molecule has 0 spiro atoms. The number of rotatable bonds is 2. The Morgan fingerprint density at radius 1 is 1.50 bits per heavy atom. The number of nitrogens with zero attached hydrogens (tertiary/aromatic N) is 3. The molecular formula is C13H16N4S. The predicted molar refractivity (Wildman–Crippen MR) is 75.3 cm³/mol. The van der Waals surface area contributed by atoms with Crippen LogP contribution in [0.15, 0.2) is 11.7 Å². The number of nitrogen functional groups attached to an aromatic ring is 1. The van der Waals surface area contributed by atoms with Gasteiger partial charge in [-0.2, -0.15) is 0 Å². The molecule has 0 fully saturated rings. The second-order valence-electron chi connectivity index (χ2n) is 4.70. The predicted octanol–water partition coefficient (Wildman–Crippen LogP) is 2.99. The Morgan fingerprint density at radius 3 is 3.17 bits per heavy atom. The van der Waals surface area contributed by atoms with E-state index in [9.17, 15) is 0 Å². The van der Waals surface area contributed by atoms with Crippen LogP contribution in [0.4, 0.5) is 5.13 Å². The first-order valence-corrected chi connectivity index (χ1v) is 7.06. The molecule has 5 heteroatoms. The minimum absolute atomic E-state index is 0.585. The smallest absolute Gasteiger partial charge is 0.180 e. The molecule has 1 unspecified atom stereocenters. The lowest BCUT2D eigenvalue weighted by Gasteiger charge is -2.21. The highest BCUT2D eigenvalue weighted by atomic mass is 32.1. The van der Waals surface area contributed by atoms with E-state index >= 15 is 0 Å². The van der Waals surface area contributed by atoms with E-state index < -0.39 is 0 Å². The molecular weight excluding hydrogens is 244 g/mol. The van der Waals surface area contributed by atoms with Crippen molar-refractivity contribution < 1.29 is 0 Å². The molecule has 2 N–H and O–H groups in total. The molecule has 0 aliphatic carbocycles. The van der Waals surface area contributed by atoms with Gasteiger partial charge in [-0.05, 0) is 30.9 Å². The van der Waals surface area contributed by atoms with Crippen molar-refractivity contribution in [1.29, 1.82) is 0 Å². The van der Waals surface area contributed by atoms with Gasteiger partial charge in [0, 0.05) is 17.6 Å². The lowest BCUT2D eigenvalue weighted by molar-refractivity contribution is 0.474. The van der Waals surface area contributed by atoms with Gasteiger partial charge >= 0.3 is 0 Å². The summed E-state index contributed by atoms with van der Waals surface area (Å²) in [6.07, 6.45) is 8.46. The Hall–Kier alpha value is -1.62. The minimum atomic E-state index is 0.585. The van der Waals surface area contributed by atoms with Crippen LogP contribution in [-0.4, -0.2) is 14.5 Å². The Labute approximate surface area is 110 Å². The molecule has 0 saturated heterocycles. The summed E-state index contributed by atoms with van der Waals surface area (Å²) in [4.78, 5) is 8.71. The number of hydrogen-bond donors (Lipinski definition) is 1. The van der Waals surface area contributed by atoms with Crippen molar-refractivity contribution in [2.24, 2.45) is 0 Å². The topological polar surface area (TPSA) is 56.7 Å². The summed E-state index contributed by atoms with van der Waals surface area (Å²) in [6, 6.07) is 0. The molecule has 4 nitrogen and oxygen atoms in total. The highest BCUT2D eigenvalue weighted by Crippen LogP contribution is 2.29. The first-order valence-electron chi connectivity index (χ1n) is 6.18. The van der Waals surface area contributed by atoms with E-state index in [1.807, 2.05) is 23.9 Å². The van der Waals surface area contributed by atoms with Gasteiger partial charge in [-0.3, -0.25) is 0 Å². The maximum Gasteiger partial charge on any atom is 0.180 e. The first-order chi connectivity index (χ1) is 8.74. The third-order valence-electron chi connectivity index (χ3n) is 3.36. The van der Waals surface area contributed by atoms with Crippen molar-refractivity contribution in [3.05, 3.63) is 28.8 Å². The first kappa shape index (κ1) is 11.5. The van der Waals surface area contributed by atoms with Gasteiger partial charge in [0.25, 0.3) is 0 Å². The van der Waals surface area contributed by atoms with Gasteiger partial charge in [0.2, 0.25) is 0 Å². The van der Waals surface area contributed by atoms with E-state index in [2.05, 4.69) is 21.5 Å². The molecule has 1 atom stereocenters. The van der Waals surface area contributed by atoms with Gasteiger partial charge in [0.1, 0.15) is 0 Å². The third kappa shape index (κ3) is 2.06. The molecule has 0 amide bonds. The zero-order valence-electron chi connectivity index (χ0n) is 10.3. The van der Waals surface area contributed by atoms with Crippen molar-refractivity contribution >= 4 is 28.6 Å². The maximum absolute atomic E-state index is 5.61. The van der Waals surface area contributed by atoms with E-state index in [4.69, 9.17) is 5.73 Å². The van der Waals surface area contributed by atoms with Crippen LogP contribution in [0.5, 0.6) is 0 Å². The number of anilines is 1. The van der Waals surface area contributed by atoms with E-state index in [-0.39, 0.29) is 0 Å². The van der Waals surface area contributed by atoms with Crippen LogP contribution < -0.4 is 5.73 Å². The molecule has 1 aliphatic rings. The van der Waals surface area contributed by atoms with Crippen LogP contribution in [0.1, 0.15) is 42.8 Å². The zero-order valence-corrected chi connectivity index (χ0v) is 11.2. The molecule has 2 aromatic rings. The maximum atomic E-state index is 5.61. The van der Waals surface area contributed by atoms with Crippen LogP contribution in [0.25, 0.3) is 12.2 Å². The zero-order chi connectivity index (χ0) is 12.5. The van der Waals surface area contributed by atoms with Gasteiger partial charge in [-0.25, -0.2) is 9.97 Å². The fourth-order valence-corrected chi connectivity index (χ4v) is 3.03. The molecule has 1 aliphatic heterocycles. The monoisotopic (exact) mass is 260 g/mol. The number of aryl methyl sites for hydroxylation is 1. The van der Waals surface area contributed by atoms with E-state index in [1.54, 1.807) is 0 Å². The summed E-state index contributed by atoms with van der Waals surface area (Å²) in [7, 11) is 0. The Balaban J connectivity index is 1.89. The normalized spacial score (nSPS) is 19.3. The summed E-state index contributed by atoms with van der Waals surface area (Å²) in [6.45, 7) is 3.36. The van der Waals surface area contributed by atoms with Crippen LogP contribution in [0.3, 0.4) is 0 Å². The lowest BCUT2D eigenvalue weighted by atomic mass is 9.96. The Bertz CT molecular complexity index is 582. The van der Waals surface area contributed by atoms with E-state index in [0.717, 1.165) is 17.9 Å². The van der Waals surface area contributed by atoms with Crippen molar-refractivity contribution in [1.82, 2.24) is 14.5 Å². The van der Waals surface area contributed by atoms with Crippen molar-refractivity contribution in [2.75, 3.05) is 5.73 Å². The summed E-state index contributed by atoms with van der Waals surface area (Å²) in [5.41, 5.74) is 8.93. The number of aromatic nitrogens is 3. The summed E-state index contributed by atoms with van der Waals surface area (Å²) in [5, 5.41) is 2.56. The van der Waals surface area contributed by atoms with Crippen molar-refractivity contribution in [2.45, 2.75) is 32.2 Å². The largest absolute Gasteiger partial charge is 0.375 e. The quantitative estimate of drug-likeness (QED) is 0.903. The lowest BCUT2D eigenvalue weighted by Crippen LogP contribution is -2.13. The molecule has 3 heterocycles. The average Bonchev–Trinajstić information content (AvgIpc) is 2.94. The van der Waals surface area contributed by atoms with Crippen LogP contribution in [-0.2, 0) is 6.54 Å². The van der Waals surface area contributed by atoms with Gasteiger partial charge in [-0.1, -0.05) is 6.92 Å². The summed E-state index contributed by atoms with van der Waals surface area (Å²) < 4.78 is 2.27. The fourth-order valence-electron chi connectivity index (χ4n) is 2.50.